The summed E-state index contributed by atoms with van der Waals surface area (Å²) in [5, 5.41) is 10.9. The zero-order valence-electron chi connectivity index (χ0n) is 13.6. The highest BCUT2D eigenvalue weighted by atomic mass is 32.1. The summed E-state index contributed by atoms with van der Waals surface area (Å²) < 4.78 is 12.7. The minimum absolute atomic E-state index is 0.132. The molecule has 0 saturated carbocycles. The highest BCUT2D eigenvalue weighted by molar-refractivity contribution is 7.71. The third kappa shape index (κ3) is 3.94. The first-order valence-electron chi connectivity index (χ1n) is 7.74. The molecule has 2 rings (SSSR count). The predicted molar refractivity (Wildman–Crippen MR) is 90.0 cm³/mol. The molecule has 0 spiro atoms. The lowest BCUT2D eigenvalue weighted by Crippen LogP contribution is -2.25. The summed E-state index contributed by atoms with van der Waals surface area (Å²) in [6.45, 7) is 4.81. The van der Waals surface area contributed by atoms with Crippen molar-refractivity contribution < 1.29 is 19.4 Å². The van der Waals surface area contributed by atoms with Gasteiger partial charge >= 0.3 is 0 Å². The van der Waals surface area contributed by atoms with Crippen molar-refractivity contribution in [1.82, 2.24) is 9.55 Å². The number of hydrogen-bond donors (Lipinski definition) is 1. The number of aliphatic carboxylic acids is 1. The van der Waals surface area contributed by atoms with Gasteiger partial charge in [0.25, 0.3) is 5.56 Å². The molecule has 2 aromatic rings. The number of carboxylic acids is 1. The van der Waals surface area contributed by atoms with Crippen LogP contribution in [0.2, 0.25) is 0 Å². The van der Waals surface area contributed by atoms with Crippen molar-refractivity contribution in [2.45, 2.75) is 33.2 Å². The van der Waals surface area contributed by atoms with Crippen LogP contribution in [0.15, 0.2) is 16.9 Å². The summed E-state index contributed by atoms with van der Waals surface area (Å²) in [7, 11) is 0. The SMILES string of the molecule is CCOc1cc2[nH]c(=S)n(CCCC(=O)[O-])c(=O)c2cc1OCC. The maximum Gasteiger partial charge on any atom is 0.262 e. The van der Waals surface area contributed by atoms with Crippen LogP contribution < -0.4 is 20.1 Å². The molecule has 0 amide bonds. The molecule has 0 fully saturated rings. The van der Waals surface area contributed by atoms with Gasteiger partial charge in [0.1, 0.15) is 0 Å². The summed E-state index contributed by atoms with van der Waals surface area (Å²) in [6.07, 6.45) is 0.132. The van der Waals surface area contributed by atoms with Gasteiger partial charge in [-0.05, 0) is 45.0 Å². The Bertz CT molecular complexity index is 856. The van der Waals surface area contributed by atoms with Crippen molar-refractivity contribution in [1.29, 1.82) is 0 Å². The standard InChI is InChI=1S/C16H20N2O5S/c1-3-22-12-8-10-11(9-13(12)23-4-2)17-16(24)18(15(10)21)7-5-6-14(19)20/h8-9H,3-7H2,1-2H3,(H,17,24)(H,19,20)/p-1. The van der Waals surface area contributed by atoms with Gasteiger partial charge in [-0.3, -0.25) is 9.36 Å². The Labute approximate surface area is 143 Å². The van der Waals surface area contributed by atoms with Crippen LogP contribution >= 0.6 is 12.2 Å². The van der Waals surface area contributed by atoms with Gasteiger partial charge in [-0.2, -0.15) is 0 Å². The van der Waals surface area contributed by atoms with Crippen LogP contribution in [0.4, 0.5) is 0 Å². The van der Waals surface area contributed by atoms with E-state index in [4.69, 9.17) is 21.7 Å². The molecule has 7 nitrogen and oxygen atoms in total. The maximum absolute atomic E-state index is 12.7. The van der Waals surface area contributed by atoms with Gasteiger partial charge < -0.3 is 24.4 Å². The van der Waals surface area contributed by atoms with E-state index >= 15 is 0 Å². The molecule has 0 unspecified atom stereocenters. The van der Waals surface area contributed by atoms with E-state index in [1.54, 1.807) is 12.1 Å². The maximum atomic E-state index is 12.7. The molecule has 0 aliphatic heterocycles. The number of aromatic amines is 1. The number of H-pyrrole nitrogens is 1. The van der Waals surface area contributed by atoms with Crippen LogP contribution in [-0.2, 0) is 11.3 Å². The average molecular weight is 351 g/mol. The van der Waals surface area contributed by atoms with E-state index in [2.05, 4.69) is 4.98 Å². The van der Waals surface area contributed by atoms with Gasteiger partial charge in [0.15, 0.2) is 16.3 Å². The molecule has 0 aliphatic carbocycles. The lowest BCUT2D eigenvalue weighted by Gasteiger charge is -2.13. The van der Waals surface area contributed by atoms with Crippen LogP contribution in [-0.4, -0.2) is 28.7 Å². The Hall–Kier alpha value is -2.35. The van der Waals surface area contributed by atoms with Crippen LogP contribution in [0, 0.1) is 4.77 Å². The molecule has 0 radical (unpaired) electrons. The number of hydrogen-bond acceptors (Lipinski definition) is 6. The fourth-order valence-corrected chi connectivity index (χ4v) is 2.67. The molecule has 24 heavy (non-hydrogen) atoms. The van der Waals surface area contributed by atoms with Crippen LogP contribution in [0.5, 0.6) is 11.5 Å². The van der Waals surface area contributed by atoms with Gasteiger partial charge in [-0.15, -0.1) is 0 Å². The predicted octanol–water partition coefficient (Wildman–Crippen LogP) is 1.39. The molecule has 130 valence electrons. The van der Waals surface area contributed by atoms with Crippen LogP contribution in [0.25, 0.3) is 10.9 Å². The number of aromatic nitrogens is 2. The molecular formula is C16H19N2O5S-. The summed E-state index contributed by atoms with van der Waals surface area (Å²) >= 11 is 5.21. The van der Waals surface area contributed by atoms with Gasteiger partial charge in [-0.25, -0.2) is 0 Å². The molecule has 1 heterocycles. The number of carboxylic acid groups (broad SMARTS) is 1. The lowest BCUT2D eigenvalue weighted by molar-refractivity contribution is -0.305. The monoisotopic (exact) mass is 351 g/mol. The number of ether oxygens (including phenoxy) is 2. The summed E-state index contributed by atoms with van der Waals surface area (Å²) in [5.41, 5.74) is 0.254. The first kappa shape index (κ1) is 18.0. The van der Waals surface area contributed by atoms with Gasteiger partial charge in [0.2, 0.25) is 0 Å². The van der Waals surface area contributed by atoms with Crippen LogP contribution in [0.3, 0.4) is 0 Å². The van der Waals surface area contributed by atoms with E-state index in [0.717, 1.165) is 0 Å². The Morgan fingerprint density at radius 3 is 2.46 bits per heavy atom. The minimum Gasteiger partial charge on any atom is -0.550 e. The third-order valence-electron chi connectivity index (χ3n) is 3.41. The normalized spacial score (nSPS) is 10.8. The largest absolute Gasteiger partial charge is 0.550 e. The summed E-state index contributed by atoms with van der Waals surface area (Å²) in [5.74, 6) is -0.138. The first-order chi connectivity index (χ1) is 11.5. The highest BCUT2D eigenvalue weighted by Crippen LogP contribution is 2.30. The summed E-state index contributed by atoms with van der Waals surface area (Å²) in [6, 6.07) is 3.30. The summed E-state index contributed by atoms with van der Waals surface area (Å²) in [4.78, 5) is 26.2. The van der Waals surface area contributed by atoms with E-state index < -0.39 is 5.97 Å². The van der Waals surface area contributed by atoms with E-state index in [1.807, 2.05) is 13.8 Å². The van der Waals surface area contributed by atoms with Crippen molar-refractivity contribution in [2.75, 3.05) is 13.2 Å². The van der Waals surface area contributed by atoms with Gasteiger partial charge in [-0.1, -0.05) is 0 Å². The topological polar surface area (TPSA) is 96.4 Å². The number of benzene rings is 1. The molecule has 8 heteroatoms. The zero-order chi connectivity index (χ0) is 17.7. The second-order valence-corrected chi connectivity index (χ2v) is 5.46. The van der Waals surface area contributed by atoms with E-state index in [1.165, 1.54) is 4.57 Å². The Balaban J connectivity index is 2.52. The fourth-order valence-electron chi connectivity index (χ4n) is 2.38. The molecule has 1 aromatic heterocycles. The van der Waals surface area contributed by atoms with E-state index in [-0.39, 0.29) is 29.7 Å². The first-order valence-corrected chi connectivity index (χ1v) is 8.15. The highest BCUT2D eigenvalue weighted by Gasteiger charge is 2.12. The van der Waals surface area contributed by atoms with Gasteiger partial charge in [0, 0.05) is 18.6 Å². The number of nitrogens with zero attached hydrogens (tertiary/aromatic N) is 1. The van der Waals surface area contributed by atoms with Crippen molar-refractivity contribution in [3.8, 4) is 11.5 Å². The number of rotatable bonds is 8. The number of fused-ring (bicyclic) bond motifs is 1. The van der Waals surface area contributed by atoms with Crippen molar-refractivity contribution >= 4 is 29.1 Å². The third-order valence-corrected chi connectivity index (χ3v) is 3.73. The Morgan fingerprint density at radius 1 is 1.25 bits per heavy atom. The van der Waals surface area contributed by atoms with Crippen LogP contribution in [0.1, 0.15) is 26.7 Å². The molecular weight excluding hydrogens is 332 g/mol. The molecule has 0 aliphatic rings. The molecule has 1 N–H and O–H groups in total. The van der Waals surface area contributed by atoms with Gasteiger partial charge in [0.05, 0.1) is 24.1 Å². The van der Waals surface area contributed by atoms with Crippen molar-refractivity contribution in [2.24, 2.45) is 0 Å². The number of carbonyl (C=O) groups excluding carboxylic acids is 1. The fraction of sp³-hybridized carbons (Fsp3) is 0.438. The number of carbonyl (C=O) groups is 1. The molecule has 0 atom stereocenters. The molecule has 0 bridgehead atoms. The molecule has 0 saturated heterocycles. The number of nitrogens with one attached hydrogen (secondary N) is 1. The quantitative estimate of drug-likeness (QED) is 0.722. The Morgan fingerprint density at radius 2 is 1.88 bits per heavy atom. The van der Waals surface area contributed by atoms with Crippen molar-refractivity contribution in [3.05, 3.63) is 27.3 Å². The Kier molecular flexibility index (Phi) is 5.97. The van der Waals surface area contributed by atoms with E-state index in [9.17, 15) is 14.7 Å². The minimum atomic E-state index is -1.15. The average Bonchev–Trinajstić information content (AvgIpc) is 2.52. The second kappa shape index (κ2) is 7.96. The van der Waals surface area contributed by atoms with Crippen molar-refractivity contribution in [3.63, 3.8) is 0 Å². The van der Waals surface area contributed by atoms with E-state index in [0.29, 0.717) is 35.6 Å². The lowest BCUT2D eigenvalue weighted by atomic mass is 10.2. The molecule has 1 aromatic carbocycles. The zero-order valence-corrected chi connectivity index (χ0v) is 14.4. The second-order valence-electron chi connectivity index (χ2n) is 5.07. The smallest absolute Gasteiger partial charge is 0.262 e.